The van der Waals surface area contributed by atoms with E-state index in [2.05, 4.69) is 9.97 Å². The Morgan fingerprint density at radius 3 is 1.56 bits per heavy atom. The van der Waals surface area contributed by atoms with Crippen molar-refractivity contribution in [3.05, 3.63) is 72.1 Å². The summed E-state index contributed by atoms with van der Waals surface area (Å²) in [6.45, 7) is 0. The molecule has 0 saturated carbocycles. The Morgan fingerprint density at radius 1 is 0.680 bits per heavy atom. The summed E-state index contributed by atoms with van der Waals surface area (Å²) >= 11 is 0. The van der Waals surface area contributed by atoms with E-state index in [1.54, 1.807) is 48.5 Å². The summed E-state index contributed by atoms with van der Waals surface area (Å²) < 4.78 is 0. The summed E-state index contributed by atoms with van der Waals surface area (Å²) in [5.74, 6) is -0.906. The van der Waals surface area contributed by atoms with Crippen molar-refractivity contribution in [3.63, 3.8) is 0 Å². The third-order valence-electron chi connectivity index (χ3n) is 3.83. The largest absolute Gasteiger partial charge is 2.00 e. The van der Waals surface area contributed by atoms with Gasteiger partial charge in [0.05, 0.1) is 11.0 Å². The Balaban J connectivity index is 0.00000182. The number of hydrogen-bond donors (Lipinski definition) is 0. The summed E-state index contributed by atoms with van der Waals surface area (Å²) in [5.41, 5.74) is 0.740. The van der Waals surface area contributed by atoms with E-state index in [0.717, 1.165) is 0 Å². The molecule has 125 valence electrons. The van der Waals surface area contributed by atoms with Gasteiger partial charge < -0.3 is 10.2 Å². The van der Waals surface area contributed by atoms with Crippen LogP contribution in [0, 0.1) is 0 Å². The summed E-state index contributed by atoms with van der Waals surface area (Å²) in [7, 11) is 0. The van der Waals surface area contributed by atoms with Gasteiger partial charge in [-0.05, 0) is 22.9 Å². The number of hydrogen-bond acceptors (Lipinski definition) is 5. The molecule has 0 aliphatic heterocycles. The van der Waals surface area contributed by atoms with Gasteiger partial charge in [-0.15, -0.1) is 0 Å². The number of pyridine rings is 2. The van der Waals surface area contributed by atoms with Crippen molar-refractivity contribution >= 4 is 27.6 Å². The van der Waals surface area contributed by atoms with Gasteiger partial charge in [0.1, 0.15) is 11.4 Å². The van der Waals surface area contributed by atoms with E-state index in [-0.39, 0.29) is 51.0 Å². The molecule has 5 nitrogen and oxygen atoms in total. The Morgan fingerprint density at radius 2 is 1.12 bits per heavy atom. The van der Waals surface area contributed by atoms with Crippen molar-refractivity contribution in [2.24, 2.45) is 0 Å². The number of fused-ring (bicyclic) bond motifs is 2. The quantitative estimate of drug-likeness (QED) is 0.394. The Bertz CT molecular complexity index is 1020. The van der Waals surface area contributed by atoms with Gasteiger partial charge in [0.25, 0.3) is 0 Å². The summed E-state index contributed by atoms with van der Waals surface area (Å²) in [5, 5.41) is 25.1. The maximum absolute atomic E-state index is 12.6. The van der Waals surface area contributed by atoms with Crippen LogP contribution in [0.15, 0.2) is 60.7 Å². The fourth-order valence-corrected chi connectivity index (χ4v) is 2.62. The SMILES string of the molecule is O=C(c1ccc2cccc([O-])c2n1)c1ccc2cccc([O-])c2n1.[Cu+2]. The first kappa shape index (κ1) is 16.9. The van der Waals surface area contributed by atoms with Crippen LogP contribution in [0.25, 0.3) is 21.8 Å². The summed E-state index contributed by atoms with van der Waals surface area (Å²) in [6, 6.07) is 16.1. The van der Waals surface area contributed by atoms with Crippen molar-refractivity contribution in [1.29, 1.82) is 0 Å². The second-order valence-corrected chi connectivity index (χ2v) is 5.38. The molecule has 0 amide bonds. The molecule has 2 heterocycles. The van der Waals surface area contributed by atoms with Crippen LogP contribution in [0.1, 0.15) is 16.2 Å². The van der Waals surface area contributed by atoms with Gasteiger partial charge in [0.2, 0.25) is 5.78 Å². The molecule has 2 aromatic carbocycles. The van der Waals surface area contributed by atoms with E-state index in [0.29, 0.717) is 10.8 Å². The van der Waals surface area contributed by atoms with Gasteiger partial charge in [0.15, 0.2) is 0 Å². The predicted molar refractivity (Wildman–Crippen MR) is 85.8 cm³/mol. The van der Waals surface area contributed by atoms with Crippen molar-refractivity contribution in [2.45, 2.75) is 0 Å². The van der Waals surface area contributed by atoms with Crippen molar-refractivity contribution in [1.82, 2.24) is 9.97 Å². The van der Waals surface area contributed by atoms with Crippen molar-refractivity contribution in [3.8, 4) is 11.5 Å². The molecule has 6 heteroatoms. The fourth-order valence-electron chi connectivity index (χ4n) is 2.62. The number of nitrogens with zero attached hydrogens (tertiary/aromatic N) is 2. The minimum Gasteiger partial charge on any atom is -0.871 e. The van der Waals surface area contributed by atoms with Gasteiger partial charge in [-0.2, -0.15) is 0 Å². The monoisotopic (exact) mass is 377 g/mol. The van der Waals surface area contributed by atoms with Crippen LogP contribution in [0.3, 0.4) is 0 Å². The van der Waals surface area contributed by atoms with Gasteiger partial charge in [-0.1, -0.05) is 60.0 Å². The number of para-hydroxylation sites is 2. The summed E-state index contributed by atoms with van der Waals surface area (Å²) in [4.78, 5) is 21.0. The second-order valence-electron chi connectivity index (χ2n) is 5.38. The van der Waals surface area contributed by atoms with Gasteiger partial charge in [-0.25, -0.2) is 9.97 Å². The maximum atomic E-state index is 12.6. The number of ketones is 1. The zero-order valence-corrected chi connectivity index (χ0v) is 13.6. The van der Waals surface area contributed by atoms with Crippen LogP contribution < -0.4 is 10.2 Å². The van der Waals surface area contributed by atoms with E-state index in [4.69, 9.17) is 0 Å². The first-order valence-electron chi connectivity index (χ1n) is 7.32. The molecular formula is C19H10CuN2O3. The number of carbonyl (C=O) groups excluding carboxylic acids is 1. The third kappa shape index (κ3) is 2.93. The number of rotatable bonds is 2. The Labute approximate surface area is 153 Å². The van der Waals surface area contributed by atoms with Gasteiger partial charge in [0, 0.05) is 0 Å². The Kier molecular flexibility index (Phi) is 4.40. The molecule has 0 saturated heterocycles. The van der Waals surface area contributed by atoms with Crippen LogP contribution in [-0.4, -0.2) is 15.8 Å². The molecule has 2 aromatic heterocycles. The molecule has 4 rings (SSSR count). The topological polar surface area (TPSA) is 89.0 Å². The Hall–Kier alpha value is -2.95. The molecule has 0 aliphatic carbocycles. The minimum absolute atomic E-state index is 0. The third-order valence-corrected chi connectivity index (χ3v) is 3.83. The molecule has 0 aliphatic rings. The molecule has 1 radical (unpaired) electrons. The zero-order valence-electron chi connectivity index (χ0n) is 12.7. The van der Waals surface area contributed by atoms with E-state index >= 15 is 0 Å². The smallest absolute Gasteiger partial charge is 0.871 e. The first-order valence-corrected chi connectivity index (χ1v) is 7.32. The molecule has 0 bridgehead atoms. The second kappa shape index (κ2) is 6.51. The first-order chi connectivity index (χ1) is 11.6. The molecule has 0 atom stereocenters. The molecular weight excluding hydrogens is 368 g/mol. The van der Waals surface area contributed by atoms with Crippen molar-refractivity contribution in [2.75, 3.05) is 0 Å². The molecule has 25 heavy (non-hydrogen) atoms. The van der Waals surface area contributed by atoms with Crippen LogP contribution in [0.5, 0.6) is 11.5 Å². The number of aromatic nitrogens is 2. The number of benzene rings is 2. The zero-order chi connectivity index (χ0) is 16.7. The van der Waals surface area contributed by atoms with E-state index in [1.807, 2.05) is 0 Å². The molecule has 0 unspecified atom stereocenters. The standard InChI is InChI=1S/C19H12N2O3.Cu/c22-15-5-1-3-11-7-9-13(20-17(11)15)19(24)14-10-8-12-4-2-6-16(23)18(12)21-14;/h1-10,22-23H;/q;+2/p-2. The molecule has 0 N–H and O–H groups in total. The van der Waals surface area contributed by atoms with Crippen LogP contribution >= 0.6 is 0 Å². The number of carbonyl (C=O) groups is 1. The van der Waals surface area contributed by atoms with Crippen LogP contribution in [0.4, 0.5) is 0 Å². The van der Waals surface area contributed by atoms with E-state index in [1.165, 1.54) is 12.1 Å². The molecule has 4 aromatic rings. The average Bonchev–Trinajstić information content (AvgIpc) is 2.61. The predicted octanol–water partition coefficient (Wildman–Crippen LogP) is 2.16. The summed E-state index contributed by atoms with van der Waals surface area (Å²) in [6.07, 6.45) is 0. The molecule has 0 fully saturated rings. The maximum Gasteiger partial charge on any atom is 2.00 e. The van der Waals surface area contributed by atoms with Gasteiger partial charge >= 0.3 is 17.1 Å². The average molecular weight is 378 g/mol. The van der Waals surface area contributed by atoms with Crippen LogP contribution in [-0.2, 0) is 17.1 Å². The van der Waals surface area contributed by atoms with E-state index in [9.17, 15) is 15.0 Å². The van der Waals surface area contributed by atoms with Crippen LogP contribution in [0.2, 0.25) is 0 Å². The van der Waals surface area contributed by atoms with Crippen molar-refractivity contribution < 1.29 is 32.1 Å². The fraction of sp³-hybridized carbons (Fsp3) is 0. The molecule has 0 spiro atoms. The normalized spacial score (nSPS) is 10.6. The van der Waals surface area contributed by atoms with Gasteiger partial charge in [-0.3, -0.25) is 4.79 Å². The van der Waals surface area contributed by atoms with E-state index < -0.39 is 5.78 Å². The minimum atomic E-state index is -0.426.